The van der Waals surface area contributed by atoms with Crippen molar-refractivity contribution < 1.29 is 9.53 Å². The topological polar surface area (TPSA) is 76.1 Å². The first-order valence-electron chi connectivity index (χ1n) is 5.47. The average molecular weight is 238 g/mol. The molecule has 1 atom stereocenters. The van der Waals surface area contributed by atoms with Gasteiger partial charge < -0.3 is 15.4 Å². The molecule has 1 unspecified atom stereocenters. The molecule has 0 aliphatic rings. The number of ether oxygens (including phenoxy) is 1. The lowest BCUT2D eigenvalue weighted by Crippen LogP contribution is -2.23. The molecule has 0 aromatic carbocycles. The number of carbonyl (C=O) groups is 1. The summed E-state index contributed by atoms with van der Waals surface area (Å²) in [6, 6.07) is 1.72. The highest BCUT2D eigenvalue weighted by Crippen LogP contribution is 2.04. The van der Waals surface area contributed by atoms with Crippen LogP contribution in [-0.2, 0) is 4.74 Å². The van der Waals surface area contributed by atoms with Gasteiger partial charge in [-0.1, -0.05) is 6.92 Å². The Bertz CT molecular complexity index is 370. The second-order valence-corrected chi connectivity index (χ2v) is 3.80. The van der Waals surface area contributed by atoms with Crippen LogP contribution in [0.1, 0.15) is 17.5 Å². The van der Waals surface area contributed by atoms with Crippen LogP contribution >= 0.6 is 0 Å². The number of nitrogens with zero attached hydrogens (tertiary/aromatic N) is 2. The molecule has 0 bridgehead atoms. The fraction of sp³-hybridized carbons (Fsp3) is 0.545. The highest BCUT2D eigenvalue weighted by Gasteiger charge is 2.09. The van der Waals surface area contributed by atoms with Gasteiger partial charge >= 0.3 is 5.97 Å². The second kappa shape index (κ2) is 6.80. The molecule has 0 aliphatic heterocycles. The smallest absolute Gasteiger partial charge is 0.376 e. The van der Waals surface area contributed by atoms with Crippen molar-refractivity contribution in [3.63, 3.8) is 0 Å². The summed E-state index contributed by atoms with van der Waals surface area (Å²) in [5.41, 5.74) is 0. The maximum atomic E-state index is 11.2. The second-order valence-electron chi connectivity index (χ2n) is 3.80. The molecule has 1 rings (SSSR count). The van der Waals surface area contributed by atoms with Crippen molar-refractivity contribution in [1.29, 1.82) is 0 Å². The molecular formula is C11H18N4O2. The minimum Gasteiger partial charge on any atom is -0.463 e. The summed E-state index contributed by atoms with van der Waals surface area (Å²) < 4.78 is 4.55. The Kier molecular flexibility index (Phi) is 5.35. The molecule has 0 saturated carbocycles. The third kappa shape index (κ3) is 4.36. The Morgan fingerprint density at radius 2 is 2.29 bits per heavy atom. The largest absolute Gasteiger partial charge is 0.463 e. The first-order chi connectivity index (χ1) is 8.17. The Hall–Kier alpha value is -1.69. The molecule has 0 spiro atoms. The van der Waals surface area contributed by atoms with Crippen LogP contribution in [0.2, 0.25) is 0 Å². The molecule has 0 fully saturated rings. The summed E-state index contributed by atoms with van der Waals surface area (Å²) in [7, 11) is 3.22. The quantitative estimate of drug-likeness (QED) is 0.704. The third-order valence-corrected chi connectivity index (χ3v) is 2.21. The molecular weight excluding hydrogens is 220 g/mol. The highest BCUT2D eigenvalue weighted by atomic mass is 16.5. The molecule has 1 aromatic rings. The normalized spacial score (nSPS) is 11.9. The van der Waals surface area contributed by atoms with Crippen LogP contribution < -0.4 is 10.6 Å². The van der Waals surface area contributed by atoms with E-state index in [1.807, 2.05) is 7.05 Å². The van der Waals surface area contributed by atoms with Crippen LogP contribution in [0.15, 0.2) is 12.3 Å². The van der Waals surface area contributed by atoms with E-state index in [1.165, 1.54) is 13.3 Å². The van der Waals surface area contributed by atoms with Gasteiger partial charge in [-0.05, 0) is 25.6 Å². The van der Waals surface area contributed by atoms with Gasteiger partial charge in [-0.15, -0.1) is 0 Å². The van der Waals surface area contributed by atoms with Crippen LogP contribution in [0.3, 0.4) is 0 Å². The Morgan fingerprint density at radius 1 is 1.53 bits per heavy atom. The van der Waals surface area contributed by atoms with Gasteiger partial charge in [-0.2, -0.15) is 0 Å². The summed E-state index contributed by atoms with van der Waals surface area (Å²) in [6.07, 6.45) is 1.53. The standard InChI is InChI=1S/C11H18N4O2/c1-8(6-12-2)7-14-9-4-5-13-10(15-9)11(16)17-3/h4-5,8,12H,6-7H2,1-3H3,(H,13,14,15). The van der Waals surface area contributed by atoms with Gasteiger partial charge in [0.05, 0.1) is 7.11 Å². The molecule has 2 N–H and O–H groups in total. The van der Waals surface area contributed by atoms with E-state index in [-0.39, 0.29) is 5.82 Å². The van der Waals surface area contributed by atoms with E-state index in [0.29, 0.717) is 11.7 Å². The van der Waals surface area contributed by atoms with Gasteiger partial charge in [-0.25, -0.2) is 14.8 Å². The van der Waals surface area contributed by atoms with E-state index < -0.39 is 5.97 Å². The number of rotatable bonds is 6. The van der Waals surface area contributed by atoms with Gasteiger partial charge in [0.15, 0.2) is 0 Å². The van der Waals surface area contributed by atoms with Crippen molar-refractivity contribution in [3.8, 4) is 0 Å². The highest BCUT2D eigenvalue weighted by molar-refractivity contribution is 5.85. The number of esters is 1. The first kappa shape index (κ1) is 13.4. The predicted octanol–water partition coefficient (Wildman–Crippen LogP) is 0.531. The van der Waals surface area contributed by atoms with E-state index in [2.05, 4.69) is 32.3 Å². The summed E-state index contributed by atoms with van der Waals surface area (Å²) in [6.45, 7) is 3.81. The van der Waals surface area contributed by atoms with Gasteiger partial charge in [0, 0.05) is 12.7 Å². The van der Waals surface area contributed by atoms with Crippen molar-refractivity contribution in [2.45, 2.75) is 6.92 Å². The summed E-state index contributed by atoms with van der Waals surface area (Å²) in [5.74, 6) is 0.635. The Morgan fingerprint density at radius 3 is 2.94 bits per heavy atom. The fourth-order valence-electron chi connectivity index (χ4n) is 1.35. The molecule has 6 heteroatoms. The minimum absolute atomic E-state index is 0.0683. The van der Waals surface area contributed by atoms with E-state index in [1.54, 1.807) is 6.07 Å². The van der Waals surface area contributed by atoms with E-state index in [0.717, 1.165) is 13.1 Å². The van der Waals surface area contributed by atoms with Crippen LogP contribution in [-0.4, -0.2) is 43.2 Å². The summed E-state index contributed by atoms with van der Waals surface area (Å²) in [5, 5.41) is 6.25. The Labute approximate surface area is 101 Å². The van der Waals surface area contributed by atoms with Crippen molar-refractivity contribution in [2.24, 2.45) is 5.92 Å². The van der Waals surface area contributed by atoms with Gasteiger partial charge in [0.25, 0.3) is 0 Å². The average Bonchev–Trinajstić information content (AvgIpc) is 2.36. The zero-order valence-corrected chi connectivity index (χ0v) is 10.4. The van der Waals surface area contributed by atoms with Gasteiger partial charge in [0.1, 0.15) is 5.82 Å². The molecule has 0 amide bonds. The van der Waals surface area contributed by atoms with Crippen LogP contribution in [0.4, 0.5) is 5.82 Å². The van der Waals surface area contributed by atoms with Crippen molar-refractivity contribution in [3.05, 3.63) is 18.1 Å². The van der Waals surface area contributed by atoms with Crippen molar-refractivity contribution in [1.82, 2.24) is 15.3 Å². The molecule has 94 valence electrons. The van der Waals surface area contributed by atoms with Gasteiger partial charge in [0.2, 0.25) is 5.82 Å². The molecule has 17 heavy (non-hydrogen) atoms. The molecule has 6 nitrogen and oxygen atoms in total. The summed E-state index contributed by atoms with van der Waals surface area (Å²) >= 11 is 0. The lowest BCUT2D eigenvalue weighted by molar-refractivity contribution is 0.0587. The summed E-state index contributed by atoms with van der Waals surface area (Å²) in [4.78, 5) is 19.1. The molecule has 0 aliphatic carbocycles. The monoisotopic (exact) mass is 238 g/mol. The van der Waals surface area contributed by atoms with E-state index >= 15 is 0 Å². The van der Waals surface area contributed by atoms with Crippen LogP contribution in [0.5, 0.6) is 0 Å². The zero-order valence-electron chi connectivity index (χ0n) is 10.4. The van der Waals surface area contributed by atoms with Crippen molar-refractivity contribution >= 4 is 11.8 Å². The number of hydrogen-bond acceptors (Lipinski definition) is 6. The number of carbonyl (C=O) groups excluding carboxylic acids is 1. The fourth-order valence-corrected chi connectivity index (χ4v) is 1.35. The van der Waals surface area contributed by atoms with E-state index in [4.69, 9.17) is 0 Å². The number of nitrogens with one attached hydrogen (secondary N) is 2. The number of hydrogen-bond donors (Lipinski definition) is 2. The first-order valence-corrected chi connectivity index (χ1v) is 5.47. The van der Waals surface area contributed by atoms with E-state index in [9.17, 15) is 4.79 Å². The maximum Gasteiger partial charge on any atom is 0.376 e. The lowest BCUT2D eigenvalue weighted by atomic mass is 10.2. The number of aromatic nitrogens is 2. The molecule has 1 heterocycles. The number of methoxy groups -OCH3 is 1. The minimum atomic E-state index is -0.531. The van der Waals surface area contributed by atoms with Crippen LogP contribution in [0.25, 0.3) is 0 Å². The third-order valence-electron chi connectivity index (χ3n) is 2.21. The van der Waals surface area contributed by atoms with Gasteiger partial charge in [-0.3, -0.25) is 0 Å². The van der Waals surface area contributed by atoms with Crippen molar-refractivity contribution in [2.75, 3.05) is 32.6 Å². The SMILES string of the molecule is CNCC(C)CNc1ccnc(C(=O)OC)n1. The van der Waals surface area contributed by atoms with Crippen LogP contribution in [0, 0.1) is 5.92 Å². The molecule has 0 radical (unpaired) electrons. The molecule has 1 aromatic heterocycles. The Balaban J connectivity index is 2.57. The lowest BCUT2D eigenvalue weighted by Gasteiger charge is -2.12. The zero-order chi connectivity index (χ0) is 12.7. The predicted molar refractivity (Wildman–Crippen MR) is 65.0 cm³/mol. The maximum absolute atomic E-state index is 11.2. The molecule has 0 saturated heterocycles. The number of anilines is 1.